The van der Waals surface area contributed by atoms with E-state index >= 15 is 0 Å². The summed E-state index contributed by atoms with van der Waals surface area (Å²) in [4.78, 5) is 10.00. The van der Waals surface area contributed by atoms with Crippen LogP contribution in [0.5, 0.6) is 0 Å². The van der Waals surface area contributed by atoms with Crippen LogP contribution in [0, 0.1) is 17.7 Å². The van der Waals surface area contributed by atoms with E-state index in [-0.39, 0.29) is 11.2 Å². The summed E-state index contributed by atoms with van der Waals surface area (Å²) in [5.41, 5.74) is 0. The Kier molecular flexibility index (Phi) is 5.05. The van der Waals surface area contributed by atoms with Crippen molar-refractivity contribution in [3.63, 3.8) is 0 Å². The first kappa shape index (κ1) is 17.5. The predicted molar refractivity (Wildman–Crippen MR) is 90.7 cm³/mol. The molecule has 0 aromatic carbocycles. The molecule has 0 unspecified atom stereocenters. The molecule has 3 rings (SSSR count). The fourth-order valence-corrected chi connectivity index (χ4v) is 5.84. The third-order valence-corrected chi connectivity index (χ3v) is 7.44. The minimum Gasteiger partial charge on any atom is -0.341 e. The molecule has 2 fully saturated rings. The summed E-state index contributed by atoms with van der Waals surface area (Å²) in [7, 11) is -3.21. The lowest BCUT2D eigenvalue weighted by molar-refractivity contribution is 0.362. The molecule has 1 aromatic rings. The van der Waals surface area contributed by atoms with Crippen molar-refractivity contribution in [2.75, 3.05) is 31.1 Å². The Hall–Kier alpha value is -1.28. The minimum atomic E-state index is -3.21. The van der Waals surface area contributed by atoms with Gasteiger partial charge < -0.3 is 4.90 Å². The molecule has 134 valence electrons. The highest BCUT2D eigenvalue weighted by Gasteiger charge is 2.46. The zero-order valence-electron chi connectivity index (χ0n) is 14.2. The Bertz CT molecular complexity index is 665. The molecule has 0 saturated carbocycles. The van der Waals surface area contributed by atoms with Crippen molar-refractivity contribution in [2.45, 2.75) is 38.4 Å². The van der Waals surface area contributed by atoms with Gasteiger partial charge in [0.25, 0.3) is 0 Å². The topological polar surface area (TPSA) is 66.4 Å². The fraction of sp³-hybridized carbons (Fsp3) is 0.750. The Morgan fingerprint density at radius 3 is 2.58 bits per heavy atom. The van der Waals surface area contributed by atoms with Crippen LogP contribution in [0.3, 0.4) is 0 Å². The summed E-state index contributed by atoms with van der Waals surface area (Å²) in [5, 5.41) is -0.310. The fourth-order valence-electron chi connectivity index (χ4n) is 3.59. The lowest BCUT2D eigenvalue weighted by Crippen LogP contribution is -2.33. The van der Waals surface area contributed by atoms with Crippen molar-refractivity contribution in [3.8, 4) is 0 Å². The standard InChI is InChI=1S/C16H25FN4O2S/c1-12(2)3-8-21-11-13-4-6-20(7-5-15(13)24(21,22)23)16-18-9-14(17)10-19-16/h9-10,12-13,15H,3-8,11H2,1-2H3/t13-,15-/m0/s1. The Morgan fingerprint density at radius 2 is 1.92 bits per heavy atom. The van der Waals surface area contributed by atoms with E-state index in [1.807, 2.05) is 4.90 Å². The van der Waals surface area contributed by atoms with Gasteiger partial charge in [0.1, 0.15) is 0 Å². The number of anilines is 1. The highest BCUT2D eigenvalue weighted by molar-refractivity contribution is 7.90. The second kappa shape index (κ2) is 6.92. The maximum atomic E-state index is 13.0. The summed E-state index contributed by atoms with van der Waals surface area (Å²) in [5.74, 6) is 0.670. The predicted octanol–water partition coefficient (Wildman–Crippen LogP) is 1.89. The molecule has 2 saturated heterocycles. The molecule has 2 atom stereocenters. The van der Waals surface area contributed by atoms with Crippen LogP contribution in [0.2, 0.25) is 0 Å². The summed E-state index contributed by atoms with van der Waals surface area (Å²) in [6.07, 6.45) is 4.57. The molecular formula is C16H25FN4O2S. The van der Waals surface area contributed by atoms with E-state index in [9.17, 15) is 12.8 Å². The molecular weight excluding hydrogens is 331 g/mol. The van der Waals surface area contributed by atoms with Crippen molar-refractivity contribution < 1.29 is 12.8 Å². The Morgan fingerprint density at radius 1 is 1.25 bits per heavy atom. The van der Waals surface area contributed by atoms with Crippen molar-refractivity contribution >= 4 is 16.0 Å². The van der Waals surface area contributed by atoms with Gasteiger partial charge in [-0.05, 0) is 31.1 Å². The number of hydrogen-bond donors (Lipinski definition) is 0. The first-order valence-electron chi connectivity index (χ1n) is 8.59. The first-order valence-corrected chi connectivity index (χ1v) is 10.1. The summed E-state index contributed by atoms with van der Waals surface area (Å²) in [6.45, 7) is 6.77. The Balaban J connectivity index is 1.68. The number of rotatable bonds is 4. The molecule has 3 heterocycles. The molecule has 0 bridgehead atoms. The highest BCUT2D eigenvalue weighted by Crippen LogP contribution is 2.35. The number of halogens is 1. The number of nitrogens with zero attached hydrogens (tertiary/aromatic N) is 4. The molecule has 1 aromatic heterocycles. The maximum absolute atomic E-state index is 13.0. The molecule has 0 radical (unpaired) electrons. The van der Waals surface area contributed by atoms with Gasteiger partial charge in [-0.2, -0.15) is 0 Å². The van der Waals surface area contributed by atoms with Gasteiger partial charge in [0.05, 0.1) is 17.6 Å². The molecule has 2 aliphatic rings. The number of fused-ring (bicyclic) bond motifs is 1. The molecule has 0 spiro atoms. The number of hydrogen-bond acceptors (Lipinski definition) is 5. The third-order valence-electron chi connectivity index (χ3n) is 5.01. The quantitative estimate of drug-likeness (QED) is 0.824. The van der Waals surface area contributed by atoms with Crippen LogP contribution in [-0.2, 0) is 10.0 Å². The average Bonchev–Trinajstić information content (AvgIpc) is 2.67. The van der Waals surface area contributed by atoms with E-state index in [0.29, 0.717) is 44.5 Å². The summed E-state index contributed by atoms with van der Waals surface area (Å²) >= 11 is 0. The lowest BCUT2D eigenvalue weighted by atomic mass is 10.0. The van der Waals surface area contributed by atoms with Crippen LogP contribution < -0.4 is 4.90 Å². The first-order chi connectivity index (χ1) is 11.4. The van der Waals surface area contributed by atoms with E-state index in [2.05, 4.69) is 23.8 Å². The normalized spacial score (nSPS) is 27.2. The van der Waals surface area contributed by atoms with Gasteiger partial charge in [0.2, 0.25) is 16.0 Å². The van der Waals surface area contributed by atoms with Crippen molar-refractivity contribution in [1.82, 2.24) is 14.3 Å². The van der Waals surface area contributed by atoms with E-state index < -0.39 is 15.8 Å². The van der Waals surface area contributed by atoms with E-state index in [4.69, 9.17) is 0 Å². The molecule has 8 heteroatoms. The third kappa shape index (κ3) is 3.54. The van der Waals surface area contributed by atoms with Crippen molar-refractivity contribution in [3.05, 3.63) is 18.2 Å². The van der Waals surface area contributed by atoms with Gasteiger partial charge in [-0.3, -0.25) is 0 Å². The van der Waals surface area contributed by atoms with Gasteiger partial charge in [-0.25, -0.2) is 27.1 Å². The van der Waals surface area contributed by atoms with Gasteiger partial charge >= 0.3 is 0 Å². The largest absolute Gasteiger partial charge is 0.341 e. The molecule has 0 N–H and O–H groups in total. The maximum Gasteiger partial charge on any atom is 0.225 e. The SMILES string of the molecule is CC(C)CCN1C[C@@H]2CCN(c3ncc(F)cn3)CC[C@@H]2S1(=O)=O. The van der Waals surface area contributed by atoms with Crippen LogP contribution >= 0.6 is 0 Å². The zero-order valence-corrected chi connectivity index (χ0v) is 15.0. The summed E-state index contributed by atoms with van der Waals surface area (Å²) in [6, 6.07) is 0. The van der Waals surface area contributed by atoms with Crippen molar-refractivity contribution in [1.29, 1.82) is 0 Å². The highest BCUT2D eigenvalue weighted by atomic mass is 32.2. The van der Waals surface area contributed by atoms with Crippen LogP contribution in [0.1, 0.15) is 33.1 Å². The molecule has 0 amide bonds. The van der Waals surface area contributed by atoms with Gasteiger partial charge in [0.15, 0.2) is 5.82 Å². The molecule has 2 aliphatic heterocycles. The second-order valence-corrected chi connectivity index (χ2v) is 9.30. The van der Waals surface area contributed by atoms with E-state index in [1.54, 1.807) is 4.31 Å². The molecule has 0 aliphatic carbocycles. The van der Waals surface area contributed by atoms with Crippen LogP contribution in [-0.4, -0.2) is 54.1 Å². The minimum absolute atomic E-state index is 0.160. The van der Waals surface area contributed by atoms with E-state index in [0.717, 1.165) is 25.2 Å². The lowest BCUT2D eigenvalue weighted by Gasteiger charge is -2.22. The smallest absolute Gasteiger partial charge is 0.225 e. The van der Waals surface area contributed by atoms with Gasteiger partial charge in [0, 0.05) is 26.2 Å². The molecule has 24 heavy (non-hydrogen) atoms. The number of sulfonamides is 1. The van der Waals surface area contributed by atoms with Crippen LogP contribution in [0.4, 0.5) is 10.3 Å². The monoisotopic (exact) mass is 356 g/mol. The summed E-state index contributed by atoms with van der Waals surface area (Å²) < 4.78 is 40.3. The Labute approximate surface area is 143 Å². The van der Waals surface area contributed by atoms with Crippen LogP contribution in [0.25, 0.3) is 0 Å². The van der Waals surface area contributed by atoms with Crippen LogP contribution in [0.15, 0.2) is 12.4 Å². The van der Waals surface area contributed by atoms with Gasteiger partial charge in [-0.1, -0.05) is 13.8 Å². The van der Waals surface area contributed by atoms with Gasteiger partial charge in [-0.15, -0.1) is 0 Å². The van der Waals surface area contributed by atoms with Crippen molar-refractivity contribution in [2.24, 2.45) is 11.8 Å². The second-order valence-electron chi connectivity index (χ2n) is 7.15. The average molecular weight is 356 g/mol. The van der Waals surface area contributed by atoms with E-state index in [1.165, 1.54) is 0 Å². The zero-order chi connectivity index (χ0) is 17.3. The molecule has 6 nitrogen and oxygen atoms in total. The number of aromatic nitrogens is 2.